The molecule has 0 aromatic heterocycles. The van der Waals surface area contributed by atoms with Gasteiger partial charge in [0.15, 0.2) is 11.5 Å². The molecule has 0 amide bonds. The Labute approximate surface area is 225 Å². The summed E-state index contributed by atoms with van der Waals surface area (Å²) in [6.07, 6.45) is -3.12. The van der Waals surface area contributed by atoms with Gasteiger partial charge in [0.25, 0.3) is 0 Å². The maximum absolute atomic E-state index is 14.2. The number of anilines is 2. The third-order valence-electron chi connectivity index (χ3n) is 6.81. The average Bonchev–Trinajstić information content (AvgIpc) is 2.91. The Hall–Kier alpha value is -3.28. The minimum absolute atomic E-state index is 0.224. The Morgan fingerprint density at radius 2 is 1.64 bits per heavy atom. The minimum Gasteiger partial charge on any atom is -0.453 e. The van der Waals surface area contributed by atoms with Gasteiger partial charge in [0.2, 0.25) is 0 Å². The summed E-state index contributed by atoms with van der Waals surface area (Å²) in [4.78, 5) is 2.31. The number of aliphatic hydroxyl groups is 1. The van der Waals surface area contributed by atoms with E-state index in [4.69, 9.17) is 4.74 Å². The van der Waals surface area contributed by atoms with Crippen LogP contribution in [0.4, 0.5) is 24.5 Å². The van der Waals surface area contributed by atoms with Crippen LogP contribution in [0.5, 0.6) is 17.2 Å². The van der Waals surface area contributed by atoms with Gasteiger partial charge < -0.3 is 19.5 Å². The van der Waals surface area contributed by atoms with Gasteiger partial charge in [-0.3, -0.25) is 0 Å². The molecule has 208 valence electrons. The molecule has 4 atom stereocenters. The van der Waals surface area contributed by atoms with Crippen molar-refractivity contribution in [1.82, 2.24) is 4.72 Å². The summed E-state index contributed by atoms with van der Waals surface area (Å²) in [6.45, 7) is 2.17. The summed E-state index contributed by atoms with van der Waals surface area (Å²) in [6, 6.07) is 19.2. The van der Waals surface area contributed by atoms with Gasteiger partial charge in [-0.25, -0.2) is 13.3 Å². The van der Waals surface area contributed by atoms with Gasteiger partial charge in [0.1, 0.15) is 15.7 Å². The second-order valence-electron chi connectivity index (χ2n) is 9.52. The first-order chi connectivity index (χ1) is 18.7. The van der Waals surface area contributed by atoms with E-state index in [0.717, 1.165) is 29.9 Å². The van der Waals surface area contributed by atoms with Crippen LogP contribution in [0.2, 0.25) is 0 Å². The Morgan fingerprint density at radius 1 is 1.03 bits per heavy atom. The van der Waals surface area contributed by atoms with Crippen molar-refractivity contribution in [3.63, 3.8) is 0 Å². The highest BCUT2D eigenvalue weighted by molar-refractivity contribution is 7.91. The molecule has 2 N–H and O–H groups in total. The summed E-state index contributed by atoms with van der Waals surface area (Å²) in [5.41, 5.74) is 1.66. The number of para-hydroxylation sites is 4. The Balaban J connectivity index is 1.45. The number of nitrogens with zero attached hydrogens (tertiary/aromatic N) is 2. The fourth-order valence-electron chi connectivity index (χ4n) is 5.09. The van der Waals surface area contributed by atoms with Gasteiger partial charge in [-0.15, -0.1) is 13.2 Å². The van der Waals surface area contributed by atoms with E-state index in [1.54, 1.807) is 0 Å². The first-order valence-electron chi connectivity index (χ1n) is 12.9. The van der Waals surface area contributed by atoms with Crippen molar-refractivity contribution < 1.29 is 32.0 Å². The van der Waals surface area contributed by atoms with E-state index in [1.807, 2.05) is 55.5 Å². The number of hydrogen-bond acceptors (Lipinski definition) is 6. The quantitative estimate of drug-likeness (QED) is 0.342. The molecule has 3 aromatic rings. The van der Waals surface area contributed by atoms with E-state index in [-0.39, 0.29) is 17.5 Å². The molecule has 39 heavy (non-hydrogen) atoms. The number of nitrogens with one attached hydrogen (secondary N) is 1. The van der Waals surface area contributed by atoms with Gasteiger partial charge >= 0.3 is 6.36 Å². The lowest BCUT2D eigenvalue weighted by molar-refractivity contribution is -0.274. The van der Waals surface area contributed by atoms with Gasteiger partial charge in [-0.2, -0.15) is 0 Å². The monoisotopic (exact) mass is 561 g/mol. The molecule has 1 fully saturated rings. The molecule has 2 aliphatic rings. The first kappa shape index (κ1) is 27.3. The van der Waals surface area contributed by atoms with Crippen LogP contribution >= 0.6 is 0 Å². The number of hydrogen-bond donors (Lipinski definition) is 2. The van der Waals surface area contributed by atoms with Crippen LogP contribution in [0.15, 0.2) is 82.1 Å². The number of rotatable bonds is 7. The van der Waals surface area contributed by atoms with Crippen LogP contribution in [-0.4, -0.2) is 40.4 Å². The lowest BCUT2D eigenvalue weighted by Crippen LogP contribution is -2.56. The van der Waals surface area contributed by atoms with Crippen LogP contribution in [0.25, 0.3) is 0 Å². The SMILES string of the molecule is CCCN=S(=O)(N[C@@H]1CCC[C@@H](N2c3ccccc3Oc3ccccc32)[C@@H]1O)c1ccc(OC(F)(F)F)cc1. The topological polar surface area (TPSA) is 83.4 Å². The number of ether oxygens (including phenoxy) is 2. The number of alkyl halides is 3. The number of halogens is 3. The molecule has 0 saturated heterocycles. The van der Waals surface area contributed by atoms with Gasteiger partial charge in [-0.1, -0.05) is 31.2 Å². The molecule has 0 spiro atoms. The molecule has 1 aliphatic heterocycles. The highest BCUT2D eigenvalue weighted by atomic mass is 32.2. The largest absolute Gasteiger partial charge is 0.573 e. The van der Waals surface area contributed by atoms with E-state index in [0.29, 0.717) is 30.8 Å². The zero-order chi connectivity index (χ0) is 27.6. The van der Waals surface area contributed by atoms with Crippen molar-refractivity contribution in [2.24, 2.45) is 4.36 Å². The molecule has 7 nitrogen and oxygen atoms in total. The number of aliphatic hydroxyl groups excluding tert-OH is 1. The van der Waals surface area contributed by atoms with Crippen molar-refractivity contribution in [3.05, 3.63) is 72.8 Å². The molecule has 11 heteroatoms. The molecule has 0 bridgehead atoms. The van der Waals surface area contributed by atoms with Crippen LogP contribution in [-0.2, 0) is 9.92 Å². The molecule has 3 aromatic carbocycles. The number of benzene rings is 3. The predicted molar refractivity (Wildman–Crippen MR) is 143 cm³/mol. The van der Waals surface area contributed by atoms with E-state index >= 15 is 0 Å². The third kappa shape index (κ3) is 5.85. The highest BCUT2D eigenvalue weighted by Gasteiger charge is 2.41. The van der Waals surface area contributed by atoms with E-state index in [2.05, 4.69) is 18.7 Å². The zero-order valence-electron chi connectivity index (χ0n) is 21.3. The van der Waals surface area contributed by atoms with E-state index in [1.165, 1.54) is 12.1 Å². The summed E-state index contributed by atoms with van der Waals surface area (Å²) in [5.74, 6) is 0.952. The standard InChI is InChI=1S/C28H30F3N3O4S/c1-2-18-32-39(36,20-16-14-19(15-17-20)38-28(29,30)31)33-21-8-7-11-24(27(21)35)34-22-9-3-5-12-25(22)37-26-13-6-4-10-23(26)34/h3-6,9-10,12-17,21,24,27,35H,2,7-8,11,18H2,1H3,(H,32,33,36)/t21-,24-,27-,39?/m1/s1. The molecule has 1 unspecified atom stereocenters. The molecule has 5 rings (SSSR count). The minimum atomic E-state index is -4.83. The summed E-state index contributed by atoms with van der Waals surface area (Å²) >= 11 is 0. The van der Waals surface area contributed by atoms with Gasteiger partial charge in [0.05, 0.1) is 28.4 Å². The van der Waals surface area contributed by atoms with Crippen LogP contribution in [0.1, 0.15) is 32.6 Å². The molecular formula is C28H30F3N3O4S. The Morgan fingerprint density at radius 3 is 2.23 bits per heavy atom. The molecule has 1 saturated carbocycles. The zero-order valence-corrected chi connectivity index (χ0v) is 22.1. The van der Waals surface area contributed by atoms with Crippen molar-refractivity contribution in [2.45, 2.75) is 62.1 Å². The molecule has 1 heterocycles. The lowest BCUT2D eigenvalue weighted by atomic mass is 9.86. The molecular weight excluding hydrogens is 531 g/mol. The number of fused-ring (bicyclic) bond motifs is 2. The lowest BCUT2D eigenvalue weighted by Gasteiger charge is -2.45. The maximum Gasteiger partial charge on any atom is 0.573 e. The van der Waals surface area contributed by atoms with Crippen molar-refractivity contribution in [3.8, 4) is 17.2 Å². The first-order valence-corrected chi connectivity index (χ1v) is 14.4. The van der Waals surface area contributed by atoms with Gasteiger partial charge in [0, 0.05) is 12.6 Å². The van der Waals surface area contributed by atoms with Crippen molar-refractivity contribution in [2.75, 3.05) is 11.4 Å². The fraction of sp³-hybridized carbons (Fsp3) is 0.357. The summed E-state index contributed by atoms with van der Waals surface area (Å²) in [7, 11) is -3.26. The predicted octanol–water partition coefficient (Wildman–Crippen LogP) is 6.55. The second-order valence-corrected chi connectivity index (χ2v) is 11.5. The van der Waals surface area contributed by atoms with Gasteiger partial charge in [-0.05, 0) is 74.2 Å². The highest BCUT2D eigenvalue weighted by Crippen LogP contribution is 2.49. The summed E-state index contributed by atoms with van der Waals surface area (Å²) in [5, 5.41) is 11.7. The maximum atomic E-state index is 14.2. The third-order valence-corrected chi connectivity index (χ3v) is 8.89. The fourth-order valence-corrected chi connectivity index (χ4v) is 7.06. The Bertz CT molecular complexity index is 1380. The summed E-state index contributed by atoms with van der Waals surface area (Å²) < 4.78 is 69.6. The normalized spacial score (nSPS) is 22.2. The second kappa shape index (κ2) is 11.1. The van der Waals surface area contributed by atoms with Crippen LogP contribution in [0, 0.1) is 0 Å². The van der Waals surface area contributed by atoms with Crippen molar-refractivity contribution in [1.29, 1.82) is 0 Å². The smallest absolute Gasteiger partial charge is 0.453 e. The van der Waals surface area contributed by atoms with E-state index in [9.17, 15) is 22.5 Å². The molecule has 0 radical (unpaired) electrons. The van der Waals surface area contributed by atoms with Crippen molar-refractivity contribution >= 4 is 21.3 Å². The van der Waals surface area contributed by atoms with Crippen LogP contribution < -0.4 is 19.1 Å². The Kier molecular flexibility index (Phi) is 7.75. The average molecular weight is 562 g/mol. The molecule has 1 aliphatic carbocycles. The van der Waals surface area contributed by atoms with E-state index < -0.39 is 34.2 Å². The van der Waals surface area contributed by atoms with Crippen LogP contribution in [0.3, 0.4) is 0 Å².